The number of nitrogens with zero attached hydrogens (tertiary/aromatic N) is 3. The molecule has 0 fully saturated rings. The highest BCUT2D eigenvalue weighted by Crippen LogP contribution is 2.33. The molecule has 3 rings (SSSR count). The molecular formula is C25H31ClN4O3. The van der Waals surface area contributed by atoms with Gasteiger partial charge in [-0.05, 0) is 62.2 Å². The molecule has 3 aromatic rings. The highest BCUT2D eigenvalue weighted by atomic mass is 35.5. The Bertz CT molecular complexity index is 1070. The van der Waals surface area contributed by atoms with E-state index in [-0.39, 0.29) is 6.03 Å². The normalized spacial score (nSPS) is 10.7. The first-order valence-electron chi connectivity index (χ1n) is 11.2. The number of carbonyl (C=O) groups excluding carboxylic acids is 1. The molecule has 0 radical (unpaired) electrons. The molecule has 7 nitrogen and oxygen atoms in total. The molecule has 0 spiro atoms. The largest absolute Gasteiger partial charge is 0.497 e. The second kappa shape index (κ2) is 11.6. The van der Waals surface area contributed by atoms with Crippen molar-refractivity contribution in [2.45, 2.75) is 40.2 Å². The molecule has 0 aliphatic heterocycles. The van der Waals surface area contributed by atoms with Gasteiger partial charge in [-0.1, -0.05) is 31.5 Å². The maximum Gasteiger partial charge on any atom is 0.317 e. The zero-order valence-electron chi connectivity index (χ0n) is 19.6. The second-order valence-electron chi connectivity index (χ2n) is 7.69. The highest BCUT2D eigenvalue weighted by molar-refractivity contribution is 6.30. The molecule has 2 aromatic carbocycles. The number of nitrogens with one attached hydrogen (secondary N) is 1. The molecule has 1 heterocycles. The summed E-state index contributed by atoms with van der Waals surface area (Å²) in [5.41, 5.74) is 2.40. The summed E-state index contributed by atoms with van der Waals surface area (Å²) in [6, 6.07) is 14.7. The van der Waals surface area contributed by atoms with Crippen molar-refractivity contribution in [3.05, 3.63) is 64.8 Å². The first-order chi connectivity index (χ1) is 16.0. The quantitative estimate of drug-likeness (QED) is 0.396. The number of halogens is 1. The van der Waals surface area contributed by atoms with Gasteiger partial charge in [-0.15, -0.1) is 0 Å². The summed E-state index contributed by atoms with van der Waals surface area (Å²) in [4.78, 5) is 14.6. The van der Waals surface area contributed by atoms with Crippen LogP contribution in [0.25, 0.3) is 5.69 Å². The van der Waals surface area contributed by atoms with Crippen molar-refractivity contribution in [3.63, 3.8) is 0 Å². The molecule has 0 bridgehead atoms. The Morgan fingerprint density at radius 2 is 1.85 bits per heavy atom. The van der Waals surface area contributed by atoms with Gasteiger partial charge in [-0.25, -0.2) is 9.48 Å². The lowest BCUT2D eigenvalue weighted by Crippen LogP contribution is -2.40. The third-order valence-corrected chi connectivity index (χ3v) is 5.36. The van der Waals surface area contributed by atoms with Crippen LogP contribution in [0.2, 0.25) is 5.02 Å². The number of aromatic nitrogens is 2. The number of carbonyl (C=O) groups is 1. The molecule has 8 heteroatoms. The summed E-state index contributed by atoms with van der Waals surface area (Å²) in [5, 5.41) is 8.31. The first-order valence-corrected chi connectivity index (χ1v) is 11.5. The molecule has 0 saturated carbocycles. The van der Waals surface area contributed by atoms with E-state index in [1.165, 1.54) is 0 Å². The van der Waals surface area contributed by atoms with Crippen LogP contribution >= 0.6 is 11.6 Å². The van der Waals surface area contributed by atoms with Crippen LogP contribution in [0, 0.1) is 6.92 Å². The van der Waals surface area contributed by atoms with Gasteiger partial charge in [0.25, 0.3) is 0 Å². The van der Waals surface area contributed by atoms with Crippen LogP contribution in [0.1, 0.15) is 37.9 Å². The summed E-state index contributed by atoms with van der Waals surface area (Å²) in [6.07, 6.45) is 1.72. The van der Waals surface area contributed by atoms with Crippen molar-refractivity contribution < 1.29 is 14.3 Å². The molecule has 2 amide bonds. The number of hydrogen-bond acceptors (Lipinski definition) is 4. The highest BCUT2D eigenvalue weighted by Gasteiger charge is 2.23. The predicted molar refractivity (Wildman–Crippen MR) is 131 cm³/mol. The Labute approximate surface area is 200 Å². The number of aryl methyl sites for hydroxylation is 1. The van der Waals surface area contributed by atoms with E-state index in [1.807, 2.05) is 62.4 Å². The number of ether oxygens (including phenoxy) is 2. The van der Waals surface area contributed by atoms with Gasteiger partial charge in [0, 0.05) is 18.1 Å². The van der Waals surface area contributed by atoms with Gasteiger partial charge in [0.15, 0.2) is 0 Å². The fourth-order valence-electron chi connectivity index (χ4n) is 3.42. The van der Waals surface area contributed by atoms with Crippen LogP contribution in [0.5, 0.6) is 17.4 Å². The minimum absolute atomic E-state index is 0.0935. The molecule has 33 heavy (non-hydrogen) atoms. The van der Waals surface area contributed by atoms with Crippen molar-refractivity contribution in [2.24, 2.45) is 0 Å². The minimum atomic E-state index is -0.0935. The summed E-state index contributed by atoms with van der Waals surface area (Å²) in [7, 11) is 1.62. The fraction of sp³-hybridized carbons (Fsp3) is 0.360. The van der Waals surface area contributed by atoms with E-state index >= 15 is 0 Å². The monoisotopic (exact) mass is 470 g/mol. The smallest absolute Gasteiger partial charge is 0.317 e. The zero-order chi connectivity index (χ0) is 23.8. The van der Waals surface area contributed by atoms with Gasteiger partial charge in [0.2, 0.25) is 5.88 Å². The van der Waals surface area contributed by atoms with Crippen LogP contribution < -0.4 is 14.8 Å². The number of benzene rings is 2. The van der Waals surface area contributed by atoms with Crippen molar-refractivity contribution in [1.29, 1.82) is 0 Å². The summed E-state index contributed by atoms with van der Waals surface area (Å²) >= 11 is 6.25. The second-order valence-corrected chi connectivity index (χ2v) is 8.13. The maximum absolute atomic E-state index is 12.8. The van der Waals surface area contributed by atoms with Gasteiger partial charge in [-0.3, -0.25) is 0 Å². The lowest BCUT2D eigenvalue weighted by Gasteiger charge is -2.23. The van der Waals surface area contributed by atoms with E-state index in [2.05, 4.69) is 12.2 Å². The van der Waals surface area contributed by atoms with E-state index in [0.29, 0.717) is 36.3 Å². The predicted octanol–water partition coefficient (Wildman–Crippen LogP) is 5.97. The molecule has 0 saturated heterocycles. The average molecular weight is 471 g/mol. The SMILES string of the molecule is CCCNC(=O)N(CCC)Cc1c(C)nn(-c2cccc(Cl)c2)c1Oc1ccc(OC)cc1. The van der Waals surface area contributed by atoms with Gasteiger partial charge >= 0.3 is 6.03 Å². The molecule has 0 aliphatic rings. The van der Waals surface area contributed by atoms with Crippen LogP contribution in [0.15, 0.2) is 48.5 Å². The lowest BCUT2D eigenvalue weighted by molar-refractivity contribution is 0.194. The van der Waals surface area contributed by atoms with Crippen LogP contribution in [0.4, 0.5) is 4.79 Å². The zero-order valence-corrected chi connectivity index (χ0v) is 20.4. The fourth-order valence-corrected chi connectivity index (χ4v) is 3.60. The van der Waals surface area contributed by atoms with Crippen LogP contribution in [-0.4, -0.2) is 40.9 Å². The van der Waals surface area contributed by atoms with Crippen molar-refractivity contribution >= 4 is 17.6 Å². The van der Waals surface area contributed by atoms with Gasteiger partial charge in [-0.2, -0.15) is 5.10 Å². The summed E-state index contributed by atoms with van der Waals surface area (Å²) in [5.74, 6) is 1.92. The van der Waals surface area contributed by atoms with E-state index in [1.54, 1.807) is 16.7 Å². The summed E-state index contributed by atoms with van der Waals surface area (Å²) < 4.78 is 13.3. The Morgan fingerprint density at radius 3 is 2.48 bits per heavy atom. The number of rotatable bonds is 10. The number of amides is 2. The molecule has 0 unspecified atom stereocenters. The van der Waals surface area contributed by atoms with E-state index in [0.717, 1.165) is 35.5 Å². The Hall–Kier alpha value is -3.19. The average Bonchev–Trinajstić information content (AvgIpc) is 3.12. The Kier molecular flexibility index (Phi) is 8.60. The van der Waals surface area contributed by atoms with Gasteiger partial charge < -0.3 is 19.7 Å². The van der Waals surface area contributed by atoms with Crippen molar-refractivity contribution in [2.75, 3.05) is 20.2 Å². The topological polar surface area (TPSA) is 68.6 Å². The molecule has 0 aliphatic carbocycles. The Balaban J connectivity index is 2.03. The number of urea groups is 1. The van der Waals surface area contributed by atoms with E-state index in [9.17, 15) is 4.79 Å². The van der Waals surface area contributed by atoms with Gasteiger partial charge in [0.1, 0.15) is 11.5 Å². The molecule has 1 aromatic heterocycles. The minimum Gasteiger partial charge on any atom is -0.497 e. The van der Waals surface area contributed by atoms with Crippen molar-refractivity contribution in [3.8, 4) is 23.1 Å². The molecule has 1 N–H and O–H groups in total. The standard InChI is InChI=1S/C25H31ClN4O3/c1-5-14-27-25(31)29(15-6-2)17-23-18(3)28-30(20-9-7-8-19(26)16-20)24(23)33-22-12-10-21(32-4)11-13-22/h7-13,16H,5-6,14-15,17H2,1-4H3,(H,27,31). The van der Waals surface area contributed by atoms with Crippen LogP contribution in [0.3, 0.4) is 0 Å². The van der Waals surface area contributed by atoms with Gasteiger partial charge in [0.05, 0.1) is 30.6 Å². The Morgan fingerprint density at radius 1 is 1.12 bits per heavy atom. The summed E-state index contributed by atoms with van der Waals surface area (Å²) in [6.45, 7) is 7.64. The maximum atomic E-state index is 12.8. The van der Waals surface area contributed by atoms with Crippen LogP contribution in [-0.2, 0) is 6.54 Å². The third kappa shape index (κ3) is 6.20. The lowest BCUT2D eigenvalue weighted by atomic mass is 10.2. The number of hydrogen-bond donors (Lipinski definition) is 1. The molecule has 0 atom stereocenters. The first kappa shape index (κ1) is 24.5. The van der Waals surface area contributed by atoms with Crippen molar-refractivity contribution in [1.82, 2.24) is 20.0 Å². The van der Waals surface area contributed by atoms with E-state index in [4.69, 9.17) is 26.2 Å². The molecule has 176 valence electrons. The van der Waals surface area contributed by atoms with E-state index < -0.39 is 0 Å². The third-order valence-electron chi connectivity index (χ3n) is 5.12. The molecular weight excluding hydrogens is 440 g/mol. The number of methoxy groups -OCH3 is 1.